The number of hydrogen-bond donors (Lipinski definition) is 3. The molecule has 0 bridgehead atoms. The minimum atomic E-state index is 0.555. The summed E-state index contributed by atoms with van der Waals surface area (Å²) < 4.78 is 0. The van der Waals surface area contributed by atoms with E-state index in [-0.39, 0.29) is 0 Å². The molecule has 1 aliphatic carbocycles. The third-order valence-corrected chi connectivity index (χ3v) is 5.60. The van der Waals surface area contributed by atoms with Crippen LogP contribution < -0.4 is 10.6 Å². The van der Waals surface area contributed by atoms with Gasteiger partial charge in [0.2, 0.25) is 5.96 Å². The van der Waals surface area contributed by atoms with Gasteiger partial charge in [0.1, 0.15) is 0 Å². The number of nitrogens with one attached hydrogen (secondary N) is 3. The Bertz CT molecular complexity index is 722. The van der Waals surface area contributed by atoms with Crippen LogP contribution in [0.5, 0.6) is 0 Å². The first-order chi connectivity index (χ1) is 12.8. The van der Waals surface area contributed by atoms with Gasteiger partial charge in [-0.3, -0.25) is 10.3 Å². The third kappa shape index (κ3) is 5.53. The summed E-state index contributed by atoms with van der Waals surface area (Å²) >= 11 is 1.79. The van der Waals surface area contributed by atoms with Gasteiger partial charge in [-0.15, -0.1) is 11.8 Å². The number of hydrogen-bond acceptors (Lipinski definition) is 4. The molecule has 0 amide bonds. The van der Waals surface area contributed by atoms with Crippen molar-refractivity contribution in [3.8, 4) is 6.19 Å². The highest BCUT2D eigenvalue weighted by Gasteiger charge is 2.26. The van der Waals surface area contributed by atoms with Gasteiger partial charge in [0.05, 0.1) is 6.33 Å². The van der Waals surface area contributed by atoms with Crippen molar-refractivity contribution in [1.29, 1.82) is 5.26 Å². The van der Waals surface area contributed by atoms with Crippen LogP contribution >= 0.6 is 11.8 Å². The summed E-state index contributed by atoms with van der Waals surface area (Å²) in [6, 6.07) is 10.3. The molecule has 0 unspecified atom stereocenters. The van der Waals surface area contributed by atoms with E-state index in [1.807, 2.05) is 30.6 Å². The summed E-state index contributed by atoms with van der Waals surface area (Å²) in [7, 11) is 0. The Morgan fingerprint density at radius 2 is 2.23 bits per heavy atom. The maximum atomic E-state index is 8.93. The minimum absolute atomic E-state index is 0.555. The lowest BCUT2D eigenvalue weighted by Crippen LogP contribution is -2.36. The molecule has 2 atom stereocenters. The van der Waals surface area contributed by atoms with Gasteiger partial charge < -0.3 is 10.3 Å². The van der Waals surface area contributed by atoms with E-state index < -0.39 is 0 Å². The number of rotatable bonds is 7. The molecule has 3 rings (SSSR count). The van der Waals surface area contributed by atoms with Gasteiger partial charge in [0, 0.05) is 41.5 Å². The van der Waals surface area contributed by atoms with Gasteiger partial charge in [-0.1, -0.05) is 18.2 Å². The van der Waals surface area contributed by atoms with Crippen molar-refractivity contribution in [2.75, 3.05) is 18.8 Å². The fraction of sp³-hybridized carbons (Fsp3) is 0.421. The molecule has 136 valence electrons. The highest BCUT2D eigenvalue weighted by molar-refractivity contribution is 7.99. The van der Waals surface area contributed by atoms with E-state index in [0.29, 0.717) is 17.8 Å². The van der Waals surface area contributed by atoms with Gasteiger partial charge in [-0.25, -0.2) is 4.98 Å². The lowest BCUT2D eigenvalue weighted by atomic mass is 10.0. The minimum Gasteiger partial charge on any atom is -0.355 e. The fourth-order valence-corrected chi connectivity index (χ4v) is 4.07. The molecule has 1 fully saturated rings. The topological polar surface area (TPSA) is 88.9 Å². The van der Waals surface area contributed by atoms with Gasteiger partial charge in [-0.2, -0.15) is 5.26 Å². The smallest absolute Gasteiger partial charge is 0.204 e. The predicted molar refractivity (Wildman–Crippen MR) is 105 cm³/mol. The maximum absolute atomic E-state index is 8.93. The van der Waals surface area contributed by atoms with E-state index in [1.165, 1.54) is 17.0 Å². The third-order valence-electron chi connectivity index (χ3n) is 4.59. The number of nitriles is 1. The lowest BCUT2D eigenvalue weighted by molar-refractivity contribution is 0.548. The summed E-state index contributed by atoms with van der Waals surface area (Å²) in [5, 5.41) is 14.8. The molecule has 6 nitrogen and oxygen atoms in total. The molecule has 7 heteroatoms. The van der Waals surface area contributed by atoms with Gasteiger partial charge in [0.25, 0.3) is 0 Å². The summed E-state index contributed by atoms with van der Waals surface area (Å²) in [6.07, 6.45) is 9.09. The molecule has 2 aromatic rings. The average Bonchev–Trinajstić information content (AvgIpc) is 3.35. The second kappa shape index (κ2) is 9.88. The van der Waals surface area contributed by atoms with Crippen LogP contribution in [0, 0.1) is 17.4 Å². The standard InChI is InChI=1S/C19H24N6S/c20-13-24-19(22-8-9-26-17-4-2-1-3-5-17)23-11-15-6-7-16(10-15)18-12-21-14-25-18/h1-5,12,14-16H,6-11H2,(H,21,25)(H2,22,23,24)/t15-,16-/m1/s1. The Morgan fingerprint density at radius 3 is 3.00 bits per heavy atom. The van der Waals surface area contributed by atoms with E-state index >= 15 is 0 Å². The normalized spacial score (nSPS) is 19.9. The van der Waals surface area contributed by atoms with Crippen molar-refractivity contribution in [3.05, 3.63) is 48.5 Å². The number of thioether (sulfide) groups is 1. The molecule has 0 radical (unpaired) electrons. The fourth-order valence-electron chi connectivity index (χ4n) is 3.28. The van der Waals surface area contributed by atoms with Crippen molar-refractivity contribution in [1.82, 2.24) is 20.6 Å². The number of aromatic amines is 1. The number of benzene rings is 1. The SMILES string of the molecule is N#CNC(=NC[C@@H]1CC[C@@H](c2cnc[nH]2)C1)NCCSc1ccccc1. The summed E-state index contributed by atoms with van der Waals surface area (Å²) in [6.45, 7) is 1.50. The number of guanidine groups is 1. The molecule has 26 heavy (non-hydrogen) atoms. The molecular weight excluding hydrogens is 344 g/mol. The average molecular weight is 369 g/mol. The van der Waals surface area contributed by atoms with Crippen molar-refractivity contribution < 1.29 is 0 Å². The Hall–Kier alpha value is -2.46. The highest BCUT2D eigenvalue weighted by Crippen LogP contribution is 2.37. The van der Waals surface area contributed by atoms with Crippen LogP contribution in [0.4, 0.5) is 0 Å². The van der Waals surface area contributed by atoms with E-state index in [4.69, 9.17) is 5.26 Å². The van der Waals surface area contributed by atoms with Crippen LogP contribution in [0.2, 0.25) is 0 Å². The molecule has 0 saturated heterocycles. The number of aromatic nitrogens is 2. The number of aliphatic imine (C=N–C) groups is 1. The number of H-pyrrole nitrogens is 1. The second-order valence-electron chi connectivity index (χ2n) is 6.40. The lowest BCUT2D eigenvalue weighted by Gasteiger charge is -2.11. The summed E-state index contributed by atoms with van der Waals surface area (Å²) in [5.74, 6) is 2.60. The Kier molecular flexibility index (Phi) is 6.96. The molecular formula is C19H24N6S. The molecule has 0 spiro atoms. The van der Waals surface area contributed by atoms with E-state index in [9.17, 15) is 0 Å². The Labute approximate surface area is 158 Å². The van der Waals surface area contributed by atoms with Crippen LogP contribution in [0.25, 0.3) is 0 Å². The van der Waals surface area contributed by atoms with E-state index in [2.05, 4.69) is 37.7 Å². The highest BCUT2D eigenvalue weighted by atomic mass is 32.2. The molecule has 1 saturated carbocycles. The maximum Gasteiger partial charge on any atom is 0.204 e. The van der Waals surface area contributed by atoms with Gasteiger partial charge in [-0.05, 0) is 37.3 Å². The predicted octanol–water partition coefficient (Wildman–Crippen LogP) is 3.10. The number of nitrogens with zero attached hydrogens (tertiary/aromatic N) is 3. The van der Waals surface area contributed by atoms with Crippen molar-refractivity contribution >= 4 is 17.7 Å². The quantitative estimate of drug-likeness (QED) is 0.174. The molecule has 0 aliphatic heterocycles. The van der Waals surface area contributed by atoms with Crippen molar-refractivity contribution in [3.63, 3.8) is 0 Å². The van der Waals surface area contributed by atoms with Crippen LogP contribution in [0.15, 0.2) is 52.7 Å². The first kappa shape index (κ1) is 18.3. The van der Waals surface area contributed by atoms with Crippen LogP contribution in [0.3, 0.4) is 0 Å². The molecule has 1 heterocycles. The van der Waals surface area contributed by atoms with Crippen LogP contribution in [0.1, 0.15) is 30.9 Å². The van der Waals surface area contributed by atoms with Crippen LogP contribution in [-0.4, -0.2) is 34.8 Å². The monoisotopic (exact) mass is 368 g/mol. The van der Waals surface area contributed by atoms with Crippen molar-refractivity contribution in [2.24, 2.45) is 10.9 Å². The first-order valence-electron chi connectivity index (χ1n) is 8.94. The van der Waals surface area contributed by atoms with Gasteiger partial charge in [0.15, 0.2) is 6.19 Å². The zero-order valence-corrected chi connectivity index (χ0v) is 15.5. The van der Waals surface area contributed by atoms with E-state index in [1.54, 1.807) is 18.1 Å². The van der Waals surface area contributed by atoms with Crippen molar-refractivity contribution in [2.45, 2.75) is 30.1 Å². The first-order valence-corrected chi connectivity index (χ1v) is 9.93. The Balaban J connectivity index is 1.41. The van der Waals surface area contributed by atoms with Gasteiger partial charge >= 0.3 is 0 Å². The molecule has 3 N–H and O–H groups in total. The zero-order chi connectivity index (χ0) is 18.0. The molecule has 1 aliphatic rings. The number of imidazole rings is 1. The summed E-state index contributed by atoms with van der Waals surface area (Å²) in [4.78, 5) is 13.2. The Morgan fingerprint density at radius 1 is 1.35 bits per heavy atom. The summed E-state index contributed by atoms with van der Waals surface area (Å²) in [5.41, 5.74) is 1.22. The van der Waals surface area contributed by atoms with Crippen LogP contribution in [-0.2, 0) is 0 Å². The molecule has 1 aromatic carbocycles. The molecule has 1 aromatic heterocycles. The zero-order valence-electron chi connectivity index (χ0n) is 14.7. The van der Waals surface area contributed by atoms with E-state index in [0.717, 1.165) is 31.7 Å². The largest absolute Gasteiger partial charge is 0.355 e. The second-order valence-corrected chi connectivity index (χ2v) is 7.57.